The van der Waals surface area contributed by atoms with E-state index in [1.807, 2.05) is 54.7 Å². The Kier molecular flexibility index (Phi) is 4.71. The van der Waals surface area contributed by atoms with E-state index < -0.39 is 6.10 Å². The van der Waals surface area contributed by atoms with Crippen LogP contribution in [0.25, 0.3) is 10.9 Å². The number of hydrogen-bond acceptors (Lipinski definition) is 2. The van der Waals surface area contributed by atoms with Crippen LogP contribution in [-0.4, -0.2) is 22.3 Å². The van der Waals surface area contributed by atoms with E-state index in [1.165, 1.54) is 5.39 Å². The Morgan fingerprint density at radius 1 is 0.731 bits per heavy atom. The highest BCUT2D eigenvalue weighted by Gasteiger charge is 2.15. The van der Waals surface area contributed by atoms with Gasteiger partial charge in [-0.1, -0.05) is 54.6 Å². The van der Waals surface area contributed by atoms with Crippen molar-refractivity contribution in [3.05, 3.63) is 97.2 Å². The van der Waals surface area contributed by atoms with Crippen LogP contribution in [0, 0.1) is 0 Å². The summed E-state index contributed by atoms with van der Waals surface area (Å²) < 4.78 is 2.12. The number of anilines is 2. The first-order chi connectivity index (χ1) is 12.8. The van der Waals surface area contributed by atoms with Crippen molar-refractivity contribution < 1.29 is 5.11 Å². The molecule has 0 aliphatic heterocycles. The average Bonchev–Trinajstić information content (AvgIpc) is 3.10. The van der Waals surface area contributed by atoms with Crippen LogP contribution < -0.4 is 4.90 Å². The Balaban J connectivity index is 1.57. The lowest BCUT2D eigenvalue weighted by Crippen LogP contribution is -2.31. The number of para-hydroxylation sites is 3. The molecule has 0 aliphatic rings. The van der Waals surface area contributed by atoms with E-state index in [0.717, 1.165) is 16.9 Å². The van der Waals surface area contributed by atoms with Crippen molar-refractivity contribution in [1.29, 1.82) is 0 Å². The summed E-state index contributed by atoms with van der Waals surface area (Å²) in [6.07, 6.45) is 1.55. The van der Waals surface area contributed by atoms with Gasteiger partial charge < -0.3 is 14.6 Å². The summed E-state index contributed by atoms with van der Waals surface area (Å²) in [6, 6.07) is 30.8. The first kappa shape index (κ1) is 16.4. The van der Waals surface area contributed by atoms with E-state index in [2.05, 4.69) is 51.9 Å². The van der Waals surface area contributed by atoms with Crippen LogP contribution in [0.4, 0.5) is 11.4 Å². The van der Waals surface area contributed by atoms with Crippen molar-refractivity contribution in [1.82, 2.24) is 4.57 Å². The maximum atomic E-state index is 10.8. The van der Waals surface area contributed by atoms with Gasteiger partial charge in [-0.05, 0) is 41.8 Å². The van der Waals surface area contributed by atoms with E-state index in [0.29, 0.717) is 13.1 Å². The number of aliphatic hydroxyl groups excluding tert-OH is 1. The lowest BCUT2D eigenvalue weighted by Gasteiger charge is -2.28. The molecule has 4 aromatic rings. The van der Waals surface area contributed by atoms with E-state index in [-0.39, 0.29) is 0 Å². The summed E-state index contributed by atoms with van der Waals surface area (Å²) in [6.45, 7) is 1.09. The zero-order valence-electron chi connectivity index (χ0n) is 14.6. The molecule has 1 heterocycles. The quantitative estimate of drug-likeness (QED) is 0.543. The molecule has 0 saturated carbocycles. The molecule has 1 N–H and O–H groups in total. The Hall–Kier alpha value is -3.04. The smallest absolute Gasteiger partial charge is 0.0897 e. The fraction of sp³-hybridized carbons (Fsp3) is 0.130. The molecule has 4 rings (SSSR count). The SMILES string of the molecule is OC(CN(c1ccccc1)c1ccccc1)Cn1ccc2ccccc21. The van der Waals surface area contributed by atoms with Gasteiger partial charge in [-0.2, -0.15) is 0 Å². The van der Waals surface area contributed by atoms with Crippen LogP contribution in [0.2, 0.25) is 0 Å². The predicted molar refractivity (Wildman–Crippen MR) is 108 cm³/mol. The lowest BCUT2D eigenvalue weighted by atomic mass is 10.2. The van der Waals surface area contributed by atoms with Crippen molar-refractivity contribution in [2.24, 2.45) is 0 Å². The van der Waals surface area contributed by atoms with E-state index >= 15 is 0 Å². The summed E-state index contributed by atoms with van der Waals surface area (Å²) in [5.41, 5.74) is 3.31. The highest BCUT2D eigenvalue weighted by Crippen LogP contribution is 2.25. The normalized spacial score (nSPS) is 12.2. The Morgan fingerprint density at radius 2 is 1.31 bits per heavy atom. The van der Waals surface area contributed by atoms with Gasteiger partial charge in [0, 0.05) is 23.1 Å². The molecular weight excluding hydrogens is 320 g/mol. The van der Waals surface area contributed by atoms with Crippen molar-refractivity contribution in [3.63, 3.8) is 0 Å². The molecule has 0 bridgehead atoms. The minimum absolute atomic E-state index is 0.494. The Bertz CT molecular complexity index is 924. The molecule has 3 heteroatoms. The standard InChI is InChI=1S/C23H22N2O/c26-22(17-24-16-15-19-9-7-8-14-23(19)24)18-25(20-10-3-1-4-11-20)21-12-5-2-6-13-21/h1-16,22,26H,17-18H2. The van der Waals surface area contributed by atoms with Crippen LogP contribution in [0.3, 0.4) is 0 Å². The van der Waals surface area contributed by atoms with Gasteiger partial charge in [0.1, 0.15) is 0 Å². The van der Waals surface area contributed by atoms with E-state index in [4.69, 9.17) is 0 Å². The summed E-state index contributed by atoms with van der Waals surface area (Å²) >= 11 is 0. The molecule has 0 aliphatic carbocycles. The Labute approximate surface area is 153 Å². The monoisotopic (exact) mass is 342 g/mol. The molecule has 0 radical (unpaired) electrons. The molecule has 1 atom stereocenters. The summed E-state index contributed by atoms with van der Waals surface area (Å²) in [5.74, 6) is 0. The molecule has 3 nitrogen and oxygen atoms in total. The maximum absolute atomic E-state index is 10.8. The largest absolute Gasteiger partial charge is 0.389 e. The lowest BCUT2D eigenvalue weighted by molar-refractivity contribution is 0.163. The molecule has 1 aromatic heterocycles. The maximum Gasteiger partial charge on any atom is 0.0897 e. The van der Waals surface area contributed by atoms with Gasteiger partial charge in [0.2, 0.25) is 0 Å². The number of aliphatic hydroxyl groups is 1. The van der Waals surface area contributed by atoms with Crippen LogP contribution >= 0.6 is 0 Å². The van der Waals surface area contributed by atoms with Gasteiger partial charge in [-0.25, -0.2) is 0 Å². The molecule has 0 spiro atoms. The van der Waals surface area contributed by atoms with Crippen molar-refractivity contribution in [2.45, 2.75) is 12.6 Å². The minimum atomic E-state index is -0.494. The molecule has 0 saturated heterocycles. The topological polar surface area (TPSA) is 28.4 Å². The fourth-order valence-electron chi connectivity index (χ4n) is 3.37. The van der Waals surface area contributed by atoms with E-state index in [1.54, 1.807) is 0 Å². The summed E-state index contributed by atoms with van der Waals surface area (Å²) in [4.78, 5) is 2.16. The highest BCUT2D eigenvalue weighted by molar-refractivity contribution is 5.79. The third kappa shape index (κ3) is 3.48. The summed E-state index contributed by atoms with van der Waals surface area (Å²) in [7, 11) is 0. The predicted octanol–water partition coefficient (Wildman–Crippen LogP) is 4.84. The highest BCUT2D eigenvalue weighted by atomic mass is 16.3. The molecule has 1 unspecified atom stereocenters. The number of hydrogen-bond donors (Lipinski definition) is 1. The Morgan fingerprint density at radius 3 is 1.96 bits per heavy atom. The first-order valence-electron chi connectivity index (χ1n) is 8.91. The zero-order valence-corrected chi connectivity index (χ0v) is 14.6. The third-order valence-corrected chi connectivity index (χ3v) is 4.62. The molecule has 0 fully saturated rings. The zero-order chi connectivity index (χ0) is 17.8. The van der Waals surface area contributed by atoms with Crippen LogP contribution in [0.1, 0.15) is 0 Å². The van der Waals surface area contributed by atoms with Gasteiger partial charge in [0.15, 0.2) is 0 Å². The van der Waals surface area contributed by atoms with Gasteiger partial charge in [-0.15, -0.1) is 0 Å². The number of rotatable bonds is 6. The second kappa shape index (κ2) is 7.46. The fourth-order valence-corrected chi connectivity index (χ4v) is 3.37. The third-order valence-electron chi connectivity index (χ3n) is 4.62. The molecule has 130 valence electrons. The van der Waals surface area contributed by atoms with Gasteiger partial charge in [0.25, 0.3) is 0 Å². The van der Waals surface area contributed by atoms with E-state index in [9.17, 15) is 5.11 Å². The number of benzene rings is 3. The molecule has 3 aromatic carbocycles. The second-order valence-corrected chi connectivity index (χ2v) is 6.46. The van der Waals surface area contributed by atoms with Gasteiger partial charge in [-0.3, -0.25) is 0 Å². The first-order valence-corrected chi connectivity index (χ1v) is 8.91. The van der Waals surface area contributed by atoms with Crippen LogP contribution in [0.15, 0.2) is 97.2 Å². The van der Waals surface area contributed by atoms with Gasteiger partial charge >= 0.3 is 0 Å². The van der Waals surface area contributed by atoms with Crippen LogP contribution in [0.5, 0.6) is 0 Å². The second-order valence-electron chi connectivity index (χ2n) is 6.46. The number of nitrogens with zero attached hydrogens (tertiary/aromatic N) is 2. The van der Waals surface area contributed by atoms with Crippen molar-refractivity contribution in [2.75, 3.05) is 11.4 Å². The van der Waals surface area contributed by atoms with Gasteiger partial charge in [0.05, 0.1) is 19.2 Å². The summed E-state index contributed by atoms with van der Waals surface area (Å²) in [5, 5.41) is 12.0. The number of fused-ring (bicyclic) bond motifs is 1. The minimum Gasteiger partial charge on any atom is -0.389 e. The molecule has 26 heavy (non-hydrogen) atoms. The number of aromatic nitrogens is 1. The van der Waals surface area contributed by atoms with Crippen LogP contribution in [-0.2, 0) is 6.54 Å². The van der Waals surface area contributed by atoms with Crippen molar-refractivity contribution in [3.8, 4) is 0 Å². The van der Waals surface area contributed by atoms with Crippen molar-refractivity contribution >= 4 is 22.3 Å². The average molecular weight is 342 g/mol. The molecule has 0 amide bonds. The molecular formula is C23H22N2O.